The van der Waals surface area contributed by atoms with Crippen molar-refractivity contribution < 1.29 is 72.8 Å². The second kappa shape index (κ2) is 7.06. The van der Waals surface area contributed by atoms with Gasteiger partial charge in [0.2, 0.25) is 0 Å². The number of alkyl halides is 11. The van der Waals surface area contributed by atoms with Gasteiger partial charge in [0.1, 0.15) is 12.7 Å². The normalized spacial score (nSPS) is 17.8. The average molecular weight is 404 g/mol. The number of ether oxygens (including phenoxy) is 2. The molecule has 0 aromatic carbocycles. The molecule has 5 nitrogen and oxygen atoms in total. The minimum Gasteiger partial charge on any atom is -0.458 e. The van der Waals surface area contributed by atoms with Crippen molar-refractivity contribution in [3.8, 4) is 0 Å². The smallest absolute Gasteiger partial charge is 0.458 e. The van der Waals surface area contributed by atoms with Crippen LogP contribution in [0.1, 0.15) is 0 Å². The molecule has 150 valence electrons. The van der Waals surface area contributed by atoms with E-state index in [0.29, 0.717) is 0 Å². The lowest BCUT2D eigenvalue weighted by molar-refractivity contribution is -0.475. The van der Waals surface area contributed by atoms with Crippen LogP contribution in [-0.2, 0) is 14.3 Å². The van der Waals surface area contributed by atoms with E-state index in [1.807, 2.05) is 4.74 Å². The van der Waals surface area contributed by atoms with E-state index < -0.39 is 55.5 Å². The van der Waals surface area contributed by atoms with Crippen molar-refractivity contribution in [3.63, 3.8) is 0 Å². The molecule has 16 heteroatoms. The van der Waals surface area contributed by atoms with Gasteiger partial charge in [0.25, 0.3) is 0 Å². The maximum atomic E-state index is 13.5. The molecule has 0 bridgehead atoms. The predicted octanol–water partition coefficient (Wildman–Crippen LogP) is 1.92. The first-order valence-corrected chi connectivity index (χ1v) is 5.57. The molecule has 0 rings (SSSR count). The summed E-state index contributed by atoms with van der Waals surface area (Å²) in [7, 11) is 0. The van der Waals surface area contributed by atoms with Crippen molar-refractivity contribution >= 4 is 5.97 Å². The number of hydrogen-bond acceptors (Lipinski definition) is 5. The molecule has 0 amide bonds. The molecule has 25 heavy (non-hydrogen) atoms. The lowest BCUT2D eigenvalue weighted by Gasteiger charge is -2.33. The van der Waals surface area contributed by atoms with Crippen LogP contribution in [0.4, 0.5) is 48.3 Å². The first kappa shape index (κ1) is 23.6. The van der Waals surface area contributed by atoms with Gasteiger partial charge in [-0.2, -0.15) is 48.3 Å². The summed E-state index contributed by atoms with van der Waals surface area (Å²) in [6.07, 6.45) is -23.4. The summed E-state index contributed by atoms with van der Waals surface area (Å²) in [6.45, 7) is -2.93. The maximum absolute atomic E-state index is 13.5. The second-order valence-corrected chi connectivity index (χ2v) is 4.22. The quantitative estimate of drug-likeness (QED) is 0.501. The lowest BCUT2D eigenvalue weighted by Crippen LogP contribution is -2.62. The molecule has 0 aliphatic rings. The van der Waals surface area contributed by atoms with Crippen molar-refractivity contribution in [1.82, 2.24) is 0 Å². The number of hydrogen-bond donors (Lipinski definition) is 2. The van der Waals surface area contributed by atoms with E-state index in [1.165, 1.54) is 0 Å². The molecule has 0 fully saturated rings. The van der Waals surface area contributed by atoms with Gasteiger partial charge < -0.3 is 14.9 Å². The van der Waals surface area contributed by atoms with Gasteiger partial charge in [-0.25, -0.2) is 4.79 Å². The Labute approximate surface area is 129 Å². The van der Waals surface area contributed by atoms with E-state index >= 15 is 0 Å². The molecule has 0 radical (unpaired) electrons. The topological polar surface area (TPSA) is 76.0 Å². The van der Waals surface area contributed by atoms with Crippen LogP contribution in [0.2, 0.25) is 0 Å². The maximum Gasteiger partial charge on any atom is 0.462 e. The highest BCUT2D eigenvalue weighted by molar-refractivity contribution is 5.78. The van der Waals surface area contributed by atoms with E-state index in [0.717, 1.165) is 0 Å². The van der Waals surface area contributed by atoms with Crippen molar-refractivity contribution in [2.45, 2.75) is 36.3 Å². The van der Waals surface area contributed by atoms with Gasteiger partial charge in [0.05, 0.1) is 6.61 Å². The predicted molar refractivity (Wildman–Crippen MR) is 51.0 cm³/mol. The average Bonchev–Trinajstić information content (AvgIpc) is 2.40. The number of esters is 1. The Balaban J connectivity index is 5.74. The van der Waals surface area contributed by atoms with Crippen molar-refractivity contribution in [2.24, 2.45) is 0 Å². The standard InChI is InChI=1S/C9H7F11O5/c10-5(7(13,14)15,4(23)24-2-3(22)1-21)25-9(19,20)6(11,12)8(16,17)18/h3,21-22H,1-2H2. The highest BCUT2D eigenvalue weighted by Gasteiger charge is 2.80. The van der Waals surface area contributed by atoms with Gasteiger partial charge in [-0.05, 0) is 0 Å². The minimum absolute atomic E-state index is 1.28. The molecule has 0 aromatic heterocycles. The number of halogens is 11. The van der Waals surface area contributed by atoms with Crippen molar-refractivity contribution in [2.75, 3.05) is 13.2 Å². The second-order valence-electron chi connectivity index (χ2n) is 4.22. The van der Waals surface area contributed by atoms with E-state index in [-0.39, 0.29) is 0 Å². The summed E-state index contributed by atoms with van der Waals surface area (Å²) < 4.78 is 142. The van der Waals surface area contributed by atoms with Crippen LogP contribution >= 0.6 is 0 Å². The summed E-state index contributed by atoms with van der Waals surface area (Å²) in [4.78, 5) is 10.9. The number of rotatable bonds is 7. The summed E-state index contributed by atoms with van der Waals surface area (Å²) in [5.74, 6) is -17.3. The Bertz CT molecular complexity index is 474. The van der Waals surface area contributed by atoms with E-state index in [2.05, 4.69) is 4.74 Å². The van der Waals surface area contributed by atoms with Crippen LogP contribution in [0.5, 0.6) is 0 Å². The number of carbonyl (C=O) groups is 1. The number of aliphatic hydroxyl groups excluding tert-OH is 2. The van der Waals surface area contributed by atoms with Crippen LogP contribution < -0.4 is 0 Å². The Kier molecular flexibility index (Phi) is 6.66. The van der Waals surface area contributed by atoms with Gasteiger partial charge in [-0.3, -0.25) is 4.74 Å². The Hall–Kier alpha value is -1.42. The summed E-state index contributed by atoms with van der Waals surface area (Å²) >= 11 is 0. The van der Waals surface area contributed by atoms with Gasteiger partial charge in [-0.15, -0.1) is 0 Å². The zero-order chi connectivity index (χ0) is 20.5. The molecule has 2 atom stereocenters. The van der Waals surface area contributed by atoms with Gasteiger partial charge >= 0.3 is 36.2 Å². The van der Waals surface area contributed by atoms with E-state index in [1.54, 1.807) is 0 Å². The van der Waals surface area contributed by atoms with Gasteiger partial charge in [-0.1, -0.05) is 0 Å². The summed E-state index contributed by atoms with van der Waals surface area (Å²) in [6, 6.07) is 0. The summed E-state index contributed by atoms with van der Waals surface area (Å²) in [5, 5.41) is 16.9. The molecular weight excluding hydrogens is 397 g/mol. The van der Waals surface area contributed by atoms with E-state index in [9.17, 15) is 53.1 Å². The molecular formula is C9H7F11O5. The molecule has 0 aromatic rings. The summed E-state index contributed by atoms with van der Waals surface area (Å²) in [5.41, 5.74) is 0. The fourth-order valence-electron chi connectivity index (χ4n) is 0.938. The van der Waals surface area contributed by atoms with Crippen LogP contribution in [0.25, 0.3) is 0 Å². The first-order chi connectivity index (χ1) is 10.8. The van der Waals surface area contributed by atoms with Gasteiger partial charge in [0, 0.05) is 0 Å². The zero-order valence-corrected chi connectivity index (χ0v) is 11.3. The fraction of sp³-hybridized carbons (Fsp3) is 0.889. The molecule has 0 aliphatic heterocycles. The van der Waals surface area contributed by atoms with E-state index in [4.69, 9.17) is 10.2 Å². The molecule has 0 saturated carbocycles. The highest BCUT2D eigenvalue weighted by atomic mass is 19.4. The van der Waals surface area contributed by atoms with Crippen molar-refractivity contribution in [1.29, 1.82) is 0 Å². The molecule has 2 unspecified atom stereocenters. The molecule has 2 N–H and O–H groups in total. The Morgan fingerprint density at radius 2 is 1.32 bits per heavy atom. The van der Waals surface area contributed by atoms with Crippen LogP contribution in [0.15, 0.2) is 0 Å². The van der Waals surface area contributed by atoms with Crippen LogP contribution in [0, 0.1) is 0 Å². The third-order valence-corrected chi connectivity index (χ3v) is 2.24. The number of aliphatic hydroxyl groups is 2. The number of carbonyl (C=O) groups excluding carboxylic acids is 1. The largest absolute Gasteiger partial charge is 0.462 e. The zero-order valence-electron chi connectivity index (χ0n) is 11.3. The third-order valence-electron chi connectivity index (χ3n) is 2.24. The SMILES string of the molecule is O=C(OCC(O)CO)C(F)(OC(F)(F)C(F)(F)C(F)(F)F)C(F)(F)F. The van der Waals surface area contributed by atoms with Crippen LogP contribution in [-0.4, -0.2) is 65.7 Å². The highest BCUT2D eigenvalue weighted by Crippen LogP contribution is 2.51. The molecule has 0 spiro atoms. The fourth-order valence-corrected chi connectivity index (χ4v) is 0.938. The monoisotopic (exact) mass is 404 g/mol. The minimum atomic E-state index is -7.31. The molecule has 0 heterocycles. The third kappa shape index (κ3) is 4.81. The molecule has 0 aliphatic carbocycles. The Morgan fingerprint density at radius 1 is 0.880 bits per heavy atom. The van der Waals surface area contributed by atoms with Gasteiger partial charge in [0.15, 0.2) is 0 Å². The van der Waals surface area contributed by atoms with Crippen molar-refractivity contribution in [3.05, 3.63) is 0 Å². The Morgan fingerprint density at radius 3 is 1.64 bits per heavy atom. The van der Waals surface area contributed by atoms with Crippen LogP contribution in [0.3, 0.4) is 0 Å². The molecule has 0 saturated heterocycles. The lowest BCUT2D eigenvalue weighted by atomic mass is 10.2. The first-order valence-electron chi connectivity index (χ1n) is 5.57.